The summed E-state index contributed by atoms with van der Waals surface area (Å²) in [5, 5.41) is 15.6. The van der Waals surface area contributed by atoms with Crippen molar-refractivity contribution in [1.82, 2.24) is 20.2 Å². The summed E-state index contributed by atoms with van der Waals surface area (Å²) in [6.45, 7) is 8.01. The molecule has 4 rings (SSSR count). The minimum Gasteiger partial charge on any atom is -0.397 e. The lowest BCUT2D eigenvalue weighted by Crippen LogP contribution is -2.08. The van der Waals surface area contributed by atoms with E-state index in [4.69, 9.17) is 21.1 Å². The number of allylic oxidation sites excluding steroid dienone is 1. The van der Waals surface area contributed by atoms with Crippen molar-refractivity contribution in [3.8, 4) is 33.9 Å². The zero-order valence-corrected chi connectivity index (χ0v) is 20.1. The van der Waals surface area contributed by atoms with Gasteiger partial charge >= 0.3 is 0 Å². The zero-order chi connectivity index (χ0) is 24.2. The molecule has 0 spiro atoms. The van der Waals surface area contributed by atoms with Crippen LogP contribution in [0, 0.1) is 12.3 Å². The van der Waals surface area contributed by atoms with E-state index >= 15 is 0 Å². The Labute approximate surface area is 200 Å². The summed E-state index contributed by atoms with van der Waals surface area (Å²) in [6, 6.07) is 20.0. The highest BCUT2D eigenvalue weighted by molar-refractivity contribution is 6.03. The Bertz CT molecular complexity index is 1380. The Kier molecular flexibility index (Phi) is 6.68. The summed E-state index contributed by atoms with van der Waals surface area (Å²) in [6.07, 6.45) is 1.52. The number of nitrogens with one attached hydrogen (secondary N) is 2. The van der Waals surface area contributed by atoms with Crippen molar-refractivity contribution in [3.05, 3.63) is 83.2 Å². The van der Waals surface area contributed by atoms with Crippen LogP contribution < -0.4 is 5.73 Å². The SMILES string of the molecule is CCC(=N)/C(C)=C(\N)c1cccc(-c2cccc(-c3cccc(-c4[nH]nc(CC)c4C)n3)c2)n1. The first-order valence-corrected chi connectivity index (χ1v) is 11.6. The van der Waals surface area contributed by atoms with Gasteiger partial charge in [0.2, 0.25) is 0 Å². The molecular weight excluding hydrogens is 420 g/mol. The molecule has 0 aliphatic heterocycles. The number of benzene rings is 1. The lowest BCUT2D eigenvalue weighted by atomic mass is 10.0. The molecule has 3 heterocycles. The molecule has 0 aliphatic carbocycles. The van der Waals surface area contributed by atoms with Gasteiger partial charge in [0, 0.05) is 16.8 Å². The van der Waals surface area contributed by atoms with Crippen molar-refractivity contribution in [2.75, 3.05) is 0 Å². The van der Waals surface area contributed by atoms with Crippen LogP contribution in [0.25, 0.3) is 39.6 Å². The lowest BCUT2D eigenvalue weighted by molar-refractivity contribution is 0.969. The van der Waals surface area contributed by atoms with Gasteiger partial charge in [-0.1, -0.05) is 44.2 Å². The number of aromatic amines is 1. The average Bonchev–Trinajstić information content (AvgIpc) is 3.27. The van der Waals surface area contributed by atoms with Crippen LogP contribution in [0.2, 0.25) is 0 Å². The summed E-state index contributed by atoms with van der Waals surface area (Å²) in [4.78, 5) is 9.70. The van der Waals surface area contributed by atoms with Crippen LogP contribution in [0.1, 0.15) is 44.1 Å². The van der Waals surface area contributed by atoms with Gasteiger partial charge in [-0.15, -0.1) is 0 Å². The number of hydrogen-bond donors (Lipinski definition) is 3. The standard InChI is InChI=1S/C28H30N6/c1-5-21(29)17(3)27(30)25-14-8-12-23(31-25)19-10-7-11-20(16-19)24-13-9-15-26(32-24)28-18(4)22(6-2)33-34-28/h7-16,29H,5-6,30H2,1-4H3,(H,33,34)/b27-17-,29-21?. The number of nitrogens with zero attached hydrogens (tertiary/aromatic N) is 3. The quantitative estimate of drug-likeness (QED) is 0.292. The molecule has 4 N–H and O–H groups in total. The monoisotopic (exact) mass is 450 g/mol. The van der Waals surface area contributed by atoms with Crippen LogP contribution in [0.4, 0.5) is 0 Å². The average molecular weight is 451 g/mol. The minimum atomic E-state index is 0.524. The summed E-state index contributed by atoms with van der Waals surface area (Å²) in [7, 11) is 0. The van der Waals surface area contributed by atoms with Crippen LogP contribution in [-0.4, -0.2) is 25.9 Å². The summed E-state index contributed by atoms with van der Waals surface area (Å²) >= 11 is 0. The molecule has 34 heavy (non-hydrogen) atoms. The number of nitrogens with two attached hydrogens (primary N) is 1. The van der Waals surface area contributed by atoms with Crippen LogP contribution in [-0.2, 0) is 6.42 Å². The van der Waals surface area contributed by atoms with Gasteiger partial charge in [-0.25, -0.2) is 9.97 Å². The third-order valence-corrected chi connectivity index (χ3v) is 6.14. The molecule has 0 unspecified atom stereocenters. The van der Waals surface area contributed by atoms with E-state index in [1.807, 2.05) is 62.4 Å². The molecule has 0 fully saturated rings. The molecule has 0 saturated carbocycles. The van der Waals surface area contributed by atoms with Gasteiger partial charge in [0.1, 0.15) is 0 Å². The van der Waals surface area contributed by atoms with Gasteiger partial charge in [-0.3, -0.25) is 5.10 Å². The van der Waals surface area contributed by atoms with Crippen LogP contribution in [0.5, 0.6) is 0 Å². The van der Waals surface area contributed by atoms with Gasteiger partial charge in [0.05, 0.1) is 39.9 Å². The number of pyridine rings is 2. The fourth-order valence-electron chi connectivity index (χ4n) is 3.97. The number of aromatic nitrogens is 4. The van der Waals surface area contributed by atoms with Crippen molar-refractivity contribution in [3.63, 3.8) is 0 Å². The van der Waals surface area contributed by atoms with Gasteiger partial charge in [0.25, 0.3) is 0 Å². The van der Waals surface area contributed by atoms with Gasteiger partial charge in [-0.2, -0.15) is 5.10 Å². The van der Waals surface area contributed by atoms with E-state index in [0.29, 0.717) is 23.5 Å². The number of rotatable bonds is 7. The molecule has 6 heteroatoms. The molecule has 3 aromatic heterocycles. The molecule has 0 aliphatic rings. The summed E-state index contributed by atoms with van der Waals surface area (Å²) in [5.74, 6) is 0. The normalized spacial score (nSPS) is 11.9. The van der Waals surface area contributed by atoms with E-state index in [2.05, 4.69) is 36.2 Å². The second kappa shape index (κ2) is 9.83. The molecule has 4 aromatic rings. The van der Waals surface area contributed by atoms with E-state index in [0.717, 1.165) is 57.2 Å². The molecule has 0 atom stereocenters. The van der Waals surface area contributed by atoms with Crippen molar-refractivity contribution < 1.29 is 0 Å². The van der Waals surface area contributed by atoms with Crippen LogP contribution >= 0.6 is 0 Å². The molecule has 172 valence electrons. The highest BCUT2D eigenvalue weighted by Crippen LogP contribution is 2.28. The Morgan fingerprint density at radius 1 is 0.912 bits per heavy atom. The van der Waals surface area contributed by atoms with Crippen LogP contribution in [0.3, 0.4) is 0 Å². The second-order valence-electron chi connectivity index (χ2n) is 8.29. The third kappa shape index (κ3) is 4.53. The van der Waals surface area contributed by atoms with Gasteiger partial charge < -0.3 is 11.1 Å². The zero-order valence-electron chi connectivity index (χ0n) is 20.1. The molecule has 6 nitrogen and oxygen atoms in total. The molecule has 0 amide bonds. The van der Waals surface area contributed by atoms with Crippen molar-refractivity contribution in [1.29, 1.82) is 5.41 Å². The molecule has 1 aromatic carbocycles. The van der Waals surface area contributed by atoms with Gasteiger partial charge in [-0.05, 0) is 68.2 Å². The van der Waals surface area contributed by atoms with E-state index in [-0.39, 0.29) is 0 Å². The highest BCUT2D eigenvalue weighted by atomic mass is 15.1. The third-order valence-electron chi connectivity index (χ3n) is 6.14. The smallest absolute Gasteiger partial charge is 0.0890 e. The van der Waals surface area contributed by atoms with E-state index < -0.39 is 0 Å². The predicted molar refractivity (Wildman–Crippen MR) is 139 cm³/mol. The fourth-order valence-corrected chi connectivity index (χ4v) is 3.97. The van der Waals surface area contributed by atoms with E-state index in [1.165, 1.54) is 0 Å². The first-order valence-electron chi connectivity index (χ1n) is 11.6. The predicted octanol–water partition coefficient (Wildman–Crippen LogP) is 6.19. The minimum absolute atomic E-state index is 0.524. The number of hydrogen-bond acceptors (Lipinski definition) is 5. The largest absolute Gasteiger partial charge is 0.397 e. The lowest BCUT2D eigenvalue weighted by Gasteiger charge is -2.10. The molecule has 0 saturated heterocycles. The van der Waals surface area contributed by atoms with Crippen molar-refractivity contribution in [2.45, 2.75) is 40.5 Å². The first kappa shape index (κ1) is 23.1. The van der Waals surface area contributed by atoms with E-state index in [1.54, 1.807) is 0 Å². The molecular formula is C28H30N6. The maximum absolute atomic E-state index is 8.09. The van der Waals surface area contributed by atoms with Crippen molar-refractivity contribution in [2.24, 2.45) is 5.73 Å². The van der Waals surface area contributed by atoms with E-state index in [9.17, 15) is 0 Å². The second-order valence-corrected chi connectivity index (χ2v) is 8.29. The van der Waals surface area contributed by atoms with Crippen LogP contribution in [0.15, 0.2) is 66.2 Å². The van der Waals surface area contributed by atoms with Crippen molar-refractivity contribution >= 4 is 11.4 Å². The maximum atomic E-state index is 8.09. The Morgan fingerprint density at radius 2 is 1.53 bits per heavy atom. The molecule has 0 bridgehead atoms. The summed E-state index contributed by atoms with van der Waals surface area (Å²) < 4.78 is 0. The number of aryl methyl sites for hydroxylation is 1. The highest BCUT2D eigenvalue weighted by Gasteiger charge is 2.13. The van der Waals surface area contributed by atoms with Gasteiger partial charge in [0.15, 0.2) is 0 Å². The number of H-pyrrole nitrogens is 1. The summed E-state index contributed by atoms with van der Waals surface area (Å²) in [5.41, 5.74) is 16.6. The first-order chi connectivity index (χ1) is 16.4. The Morgan fingerprint density at radius 3 is 2.18 bits per heavy atom. The Balaban J connectivity index is 1.70. The maximum Gasteiger partial charge on any atom is 0.0890 e. The molecule has 0 radical (unpaired) electrons. The topological polar surface area (TPSA) is 104 Å². The fraction of sp³-hybridized carbons (Fsp3) is 0.214. The Hall–Kier alpha value is -4.06.